The second kappa shape index (κ2) is 7.82. The zero-order valence-corrected chi connectivity index (χ0v) is 12.4. The summed E-state index contributed by atoms with van der Waals surface area (Å²) in [6.45, 7) is 2.12. The molecule has 0 atom stereocenters. The van der Waals surface area contributed by atoms with Crippen LogP contribution in [0, 0.1) is 0 Å². The van der Waals surface area contributed by atoms with Crippen LogP contribution in [-0.2, 0) is 15.7 Å². The third-order valence-corrected chi connectivity index (χ3v) is 3.05. The Hall–Kier alpha value is -2.05. The molecule has 0 aliphatic carbocycles. The molecule has 7 heteroatoms. The second-order valence-electron chi connectivity index (χ2n) is 4.82. The van der Waals surface area contributed by atoms with E-state index in [9.17, 15) is 22.8 Å². The summed E-state index contributed by atoms with van der Waals surface area (Å²) in [6.07, 6.45) is -2.68. The molecule has 0 heterocycles. The van der Waals surface area contributed by atoms with Crippen molar-refractivity contribution in [1.82, 2.24) is 4.90 Å². The molecule has 0 fully saturated rings. The van der Waals surface area contributed by atoms with Gasteiger partial charge in [-0.15, -0.1) is 0 Å². The first-order valence-electron chi connectivity index (χ1n) is 6.84. The van der Waals surface area contributed by atoms with Crippen LogP contribution in [0.2, 0.25) is 0 Å². The standard InChI is InChI=1S/C15H18F3NO3/c1-3-4-9-19(2)13(20)10-22-14(21)11-5-7-12(8-6-11)15(16,17)18/h5-8H,3-4,9-10H2,1-2H3. The number of nitrogens with zero attached hydrogens (tertiary/aromatic N) is 1. The largest absolute Gasteiger partial charge is 0.452 e. The van der Waals surface area contributed by atoms with Gasteiger partial charge in [-0.3, -0.25) is 4.79 Å². The van der Waals surface area contributed by atoms with Gasteiger partial charge in [-0.2, -0.15) is 13.2 Å². The number of amides is 1. The normalized spacial score (nSPS) is 11.1. The van der Waals surface area contributed by atoms with E-state index >= 15 is 0 Å². The fourth-order valence-electron chi connectivity index (χ4n) is 1.64. The molecular weight excluding hydrogens is 299 g/mol. The molecule has 122 valence electrons. The lowest BCUT2D eigenvalue weighted by Gasteiger charge is -2.16. The van der Waals surface area contributed by atoms with Gasteiger partial charge >= 0.3 is 12.1 Å². The monoisotopic (exact) mass is 317 g/mol. The summed E-state index contributed by atoms with van der Waals surface area (Å²) in [5.74, 6) is -1.18. The van der Waals surface area contributed by atoms with E-state index < -0.39 is 24.3 Å². The fourth-order valence-corrected chi connectivity index (χ4v) is 1.64. The molecule has 1 aromatic rings. The average Bonchev–Trinajstić information content (AvgIpc) is 2.49. The van der Waals surface area contributed by atoms with E-state index in [1.165, 1.54) is 4.90 Å². The maximum Gasteiger partial charge on any atom is 0.416 e. The topological polar surface area (TPSA) is 46.6 Å². The Labute approximate surface area is 126 Å². The van der Waals surface area contributed by atoms with Crippen LogP contribution in [0.1, 0.15) is 35.7 Å². The number of rotatable bonds is 6. The second-order valence-corrected chi connectivity index (χ2v) is 4.82. The molecule has 22 heavy (non-hydrogen) atoms. The predicted octanol–water partition coefficient (Wildman–Crippen LogP) is 3.12. The molecule has 4 nitrogen and oxygen atoms in total. The van der Waals surface area contributed by atoms with Crippen molar-refractivity contribution in [1.29, 1.82) is 0 Å². The summed E-state index contributed by atoms with van der Waals surface area (Å²) in [4.78, 5) is 24.8. The summed E-state index contributed by atoms with van der Waals surface area (Å²) in [5.41, 5.74) is -0.878. The van der Waals surface area contributed by atoms with Crippen LogP contribution >= 0.6 is 0 Å². The minimum atomic E-state index is -4.46. The highest BCUT2D eigenvalue weighted by Gasteiger charge is 2.30. The fraction of sp³-hybridized carbons (Fsp3) is 0.467. The first-order valence-corrected chi connectivity index (χ1v) is 6.84. The maximum absolute atomic E-state index is 12.4. The zero-order valence-electron chi connectivity index (χ0n) is 12.4. The van der Waals surface area contributed by atoms with E-state index in [0.717, 1.165) is 37.1 Å². The highest BCUT2D eigenvalue weighted by molar-refractivity contribution is 5.91. The Kier molecular flexibility index (Phi) is 6.39. The molecule has 0 saturated heterocycles. The van der Waals surface area contributed by atoms with Gasteiger partial charge in [0.1, 0.15) is 0 Å². The summed E-state index contributed by atoms with van der Waals surface area (Å²) in [5, 5.41) is 0. The first kappa shape index (κ1) is 18.0. The Morgan fingerprint density at radius 3 is 2.27 bits per heavy atom. The smallest absolute Gasteiger partial charge is 0.416 e. The van der Waals surface area contributed by atoms with Gasteiger partial charge < -0.3 is 9.64 Å². The lowest BCUT2D eigenvalue weighted by molar-refractivity contribution is -0.137. The molecule has 0 aliphatic rings. The quantitative estimate of drug-likeness (QED) is 0.757. The van der Waals surface area contributed by atoms with E-state index in [1.807, 2.05) is 6.92 Å². The van der Waals surface area contributed by atoms with Crippen LogP contribution in [0.3, 0.4) is 0 Å². The molecule has 0 radical (unpaired) electrons. The van der Waals surface area contributed by atoms with Gasteiger partial charge in [-0.05, 0) is 30.7 Å². The first-order chi connectivity index (χ1) is 10.3. The number of halogens is 3. The highest BCUT2D eigenvalue weighted by Crippen LogP contribution is 2.29. The lowest BCUT2D eigenvalue weighted by atomic mass is 10.1. The van der Waals surface area contributed by atoms with Crippen LogP contribution < -0.4 is 0 Å². The average molecular weight is 317 g/mol. The van der Waals surface area contributed by atoms with Gasteiger partial charge in [-0.25, -0.2) is 4.79 Å². The third kappa shape index (κ3) is 5.38. The number of likely N-dealkylation sites (N-methyl/N-ethyl adjacent to an activating group) is 1. The number of benzene rings is 1. The Morgan fingerprint density at radius 2 is 1.77 bits per heavy atom. The molecular formula is C15H18F3NO3. The molecule has 0 spiro atoms. The number of carbonyl (C=O) groups excluding carboxylic acids is 2. The zero-order chi connectivity index (χ0) is 16.8. The van der Waals surface area contributed by atoms with Crippen molar-refractivity contribution in [3.63, 3.8) is 0 Å². The molecule has 0 aromatic heterocycles. The Balaban J connectivity index is 2.54. The van der Waals surface area contributed by atoms with Crippen LogP contribution in [-0.4, -0.2) is 37.0 Å². The van der Waals surface area contributed by atoms with Crippen LogP contribution in [0.4, 0.5) is 13.2 Å². The SMILES string of the molecule is CCCCN(C)C(=O)COC(=O)c1ccc(C(F)(F)F)cc1. The number of esters is 1. The number of carbonyl (C=O) groups is 2. The van der Waals surface area contributed by atoms with Crippen LogP contribution in [0.15, 0.2) is 24.3 Å². The molecule has 1 amide bonds. The number of hydrogen-bond acceptors (Lipinski definition) is 3. The molecule has 0 bridgehead atoms. The third-order valence-electron chi connectivity index (χ3n) is 3.05. The molecule has 0 saturated carbocycles. The number of ether oxygens (including phenoxy) is 1. The van der Waals surface area contributed by atoms with E-state index in [-0.39, 0.29) is 11.5 Å². The predicted molar refractivity (Wildman–Crippen MR) is 74.3 cm³/mol. The van der Waals surface area contributed by atoms with Crippen molar-refractivity contribution in [2.75, 3.05) is 20.2 Å². The molecule has 1 aromatic carbocycles. The summed E-state index contributed by atoms with van der Waals surface area (Å²) in [7, 11) is 1.60. The molecule has 0 unspecified atom stereocenters. The van der Waals surface area contributed by atoms with E-state index in [2.05, 4.69) is 0 Å². The Morgan fingerprint density at radius 1 is 1.18 bits per heavy atom. The van der Waals surface area contributed by atoms with E-state index in [1.54, 1.807) is 7.05 Å². The maximum atomic E-state index is 12.4. The van der Waals surface area contributed by atoms with Crippen molar-refractivity contribution in [3.8, 4) is 0 Å². The number of unbranched alkanes of at least 4 members (excludes halogenated alkanes) is 1. The van der Waals surface area contributed by atoms with Crippen LogP contribution in [0.5, 0.6) is 0 Å². The molecule has 0 N–H and O–H groups in total. The van der Waals surface area contributed by atoms with Gasteiger partial charge in [0.2, 0.25) is 0 Å². The van der Waals surface area contributed by atoms with Crippen LogP contribution in [0.25, 0.3) is 0 Å². The number of alkyl halides is 3. The van der Waals surface area contributed by atoms with E-state index in [4.69, 9.17) is 4.74 Å². The number of hydrogen-bond donors (Lipinski definition) is 0. The highest BCUT2D eigenvalue weighted by atomic mass is 19.4. The summed E-state index contributed by atoms with van der Waals surface area (Å²) in [6, 6.07) is 3.64. The van der Waals surface area contributed by atoms with Crippen molar-refractivity contribution in [2.24, 2.45) is 0 Å². The van der Waals surface area contributed by atoms with Gasteiger partial charge in [0.15, 0.2) is 6.61 Å². The van der Waals surface area contributed by atoms with Gasteiger partial charge in [-0.1, -0.05) is 13.3 Å². The minimum absolute atomic E-state index is 0.0305. The van der Waals surface area contributed by atoms with Gasteiger partial charge in [0.05, 0.1) is 11.1 Å². The van der Waals surface area contributed by atoms with Crippen molar-refractivity contribution in [2.45, 2.75) is 25.9 Å². The van der Waals surface area contributed by atoms with Gasteiger partial charge in [0.25, 0.3) is 5.91 Å². The molecule has 1 rings (SSSR count). The summed E-state index contributed by atoms with van der Waals surface area (Å²) >= 11 is 0. The van der Waals surface area contributed by atoms with Gasteiger partial charge in [0, 0.05) is 13.6 Å². The minimum Gasteiger partial charge on any atom is -0.452 e. The van der Waals surface area contributed by atoms with E-state index in [0.29, 0.717) is 6.54 Å². The Bertz CT molecular complexity index is 512. The summed E-state index contributed by atoms with van der Waals surface area (Å²) < 4.78 is 42.0. The molecule has 0 aliphatic heterocycles. The van der Waals surface area contributed by atoms with Crippen molar-refractivity contribution >= 4 is 11.9 Å². The van der Waals surface area contributed by atoms with Crippen molar-refractivity contribution in [3.05, 3.63) is 35.4 Å². The van der Waals surface area contributed by atoms with Crippen molar-refractivity contribution < 1.29 is 27.5 Å². The lowest BCUT2D eigenvalue weighted by Crippen LogP contribution is -2.32.